The number of benzene rings is 1. The van der Waals surface area contributed by atoms with Crippen LogP contribution in [0.15, 0.2) is 18.2 Å². The smallest absolute Gasteiger partial charge is 0.130 e. The van der Waals surface area contributed by atoms with Gasteiger partial charge in [0.15, 0.2) is 0 Å². The standard InChI is InChI=1S/C14H22F2N2S/c1-4-10(9-19-3)18(2)13(8-17)14-11(15)6-5-7-12(14)16/h5-7,10,13H,4,8-9,17H2,1-3H3. The summed E-state index contributed by atoms with van der Waals surface area (Å²) in [6, 6.07) is 3.76. The molecule has 0 amide bonds. The van der Waals surface area contributed by atoms with Crippen LogP contribution in [-0.4, -0.2) is 36.5 Å². The van der Waals surface area contributed by atoms with E-state index in [-0.39, 0.29) is 18.2 Å². The maximum Gasteiger partial charge on any atom is 0.130 e. The Balaban J connectivity index is 3.05. The molecule has 0 heterocycles. The quantitative estimate of drug-likeness (QED) is 0.836. The molecule has 2 unspecified atom stereocenters. The van der Waals surface area contributed by atoms with Crippen LogP contribution in [0, 0.1) is 11.6 Å². The Morgan fingerprint density at radius 2 is 1.89 bits per heavy atom. The van der Waals surface area contributed by atoms with Gasteiger partial charge in [0.2, 0.25) is 0 Å². The second-order valence-electron chi connectivity index (χ2n) is 4.57. The highest BCUT2D eigenvalue weighted by molar-refractivity contribution is 7.98. The van der Waals surface area contributed by atoms with Crippen molar-refractivity contribution in [1.82, 2.24) is 4.90 Å². The Morgan fingerprint density at radius 3 is 2.32 bits per heavy atom. The van der Waals surface area contributed by atoms with E-state index in [2.05, 4.69) is 6.92 Å². The molecule has 2 atom stereocenters. The molecule has 1 rings (SSSR count). The van der Waals surface area contributed by atoms with E-state index >= 15 is 0 Å². The first kappa shape index (κ1) is 16.4. The molecular weight excluding hydrogens is 266 g/mol. The summed E-state index contributed by atoms with van der Waals surface area (Å²) >= 11 is 1.72. The Bertz CT molecular complexity index is 381. The predicted molar refractivity (Wildman–Crippen MR) is 78.4 cm³/mol. The van der Waals surface area contributed by atoms with Gasteiger partial charge in [-0.3, -0.25) is 4.90 Å². The van der Waals surface area contributed by atoms with Gasteiger partial charge in [0.25, 0.3) is 0 Å². The van der Waals surface area contributed by atoms with Gasteiger partial charge < -0.3 is 5.73 Å². The summed E-state index contributed by atoms with van der Waals surface area (Å²) in [6.45, 7) is 2.27. The SMILES string of the molecule is CCC(CSC)N(C)C(CN)c1c(F)cccc1F. The van der Waals surface area contributed by atoms with Crippen molar-refractivity contribution in [3.63, 3.8) is 0 Å². The molecule has 2 N–H and O–H groups in total. The monoisotopic (exact) mass is 288 g/mol. The molecule has 0 radical (unpaired) electrons. The lowest BCUT2D eigenvalue weighted by molar-refractivity contribution is 0.180. The fourth-order valence-corrected chi connectivity index (χ4v) is 3.14. The van der Waals surface area contributed by atoms with Crippen LogP contribution >= 0.6 is 11.8 Å². The number of likely N-dealkylation sites (N-methyl/N-ethyl adjacent to an activating group) is 1. The fraction of sp³-hybridized carbons (Fsp3) is 0.571. The molecule has 0 aliphatic carbocycles. The van der Waals surface area contributed by atoms with Crippen molar-refractivity contribution in [2.24, 2.45) is 5.73 Å². The zero-order chi connectivity index (χ0) is 14.4. The fourth-order valence-electron chi connectivity index (χ4n) is 2.29. The van der Waals surface area contributed by atoms with Crippen LogP contribution in [0.5, 0.6) is 0 Å². The Labute approximate surface area is 118 Å². The molecule has 19 heavy (non-hydrogen) atoms. The van der Waals surface area contributed by atoms with Crippen LogP contribution in [0.3, 0.4) is 0 Å². The maximum absolute atomic E-state index is 13.9. The average Bonchev–Trinajstić information content (AvgIpc) is 2.39. The lowest BCUT2D eigenvalue weighted by Gasteiger charge is -2.34. The Morgan fingerprint density at radius 1 is 1.32 bits per heavy atom. The number of thioether (sulfide) groups is 1. The Kier molecular flexibility index (Phi) is 6.75. The van der Waals surface area contributed by atoms with Crippen LogP contribution in [0.1, 0.15) is 24.9 Å². The zero-order valence-corrected chi connectivity index (χ0v) is 12.5. The molecule has 1 aromatic carbocycles. The van der Waals surface area contributed by atoms with Crippen molar-refractivity contribution >= 4 is 11.8 Å². The first-order valence-corrected chi connectivity index (χ1v) is 7.81. The molecule has 0 aromatic heterocycles. The summed E-state index contributed by atoms with van der Waals surface area (Å²) in [5, 5.41) is 0. The molecule has 0 aliphatic heterocycles. The lowest BCUT2D eigenvalue weighted by atomic mass is 10.0. The third-order valence-electron chi connectivity index (χ3n) is 3.45. The first-order chi connectivity index (χ1) is 9.06. The molecule has 0 bridgehead atoms. The lowest BCUT2D eigenvalue weighted by Crippen LogP contribution is -2.40. The molecule has 0 saturated heterocycles. The van der Waals surface area contributed by atoms with Crippen molar-refractivity contribution < 1.29 is 8.78 Å². The van der Waals surface area contributed by atoms with Gasteiger partial charge in [0.1, 0.15) is 11.6 Å². The van der Waals surface area contributed by atoms with Gasteiger partial charge in [-0.1, -0.05) is 13.0 Å². The molecule has 0 spiro atoms. The molecule has 0 saturated carbocycles. The summed E-state index contributed by atoms with van der Waals surface area (Å²) in [5.41, 5.74) is 5.83. The second-order valence-corrected chi connectivity index (χ2v) is 5.48. The largest absolute Gasteiger partial charge is 0.329 e. The topological polar surface area (TPSA) is 29.3 Å². The number of hydrogen-bond acceptors (Lipinski definition) is 3. The van der Waals surface area contributed by atoms with Crippen molar-refractivity contribution in [2.45, 2.75) is 25.4 Å². The summed E-state index contributed by atoms with van der Waals surface area (Å²) in [7, 11) is 1.88. The number of hydrogen-bond donors (Lipinski definition) is 1. The van der Waals surface area contributed by atoms with Gasteiger partial charge in [-0.2, -0.15) is 11.8 Å². The predicted octanol–water partition coefficient (Wildman–Crippen LogP) is 3.04. The van der Waals surface area contributed by atoms with Crippen molar-refractivity contribution in [3.8, 4) is 0 Å². The summed E-state index contributed by atoms with van der Waals surface area (Å²) < 4.78 is 27.7. The van der Waals surface area contributed by atoms with E-state index in [0.717, 1.165) is 12.2 Å². The summed E-state index contributed by atoms with van der Waals surface area (Å²) in [4.78, 5) is 1.98. The normalized spacial score (nSPS) is 14.7. The van der Waals surface area contributed by atoms with Crippen molar-refractivity contribution in [1.29, 1.82) is 0 Å². The van der Waals surface area contributed by atoms with Crippen LogP contribution in [0.2, 0.25) is 0 Å². The molecule has 1 aromatic rings. The molecule has 0 aliphatic rings. The minimum Gasteiger partial charge on any atom is -0.329 e. The minimum absolute atomic E-state index is 0.0760. The Hall–Kier alpha value is -0.650. The van der Waals surface area contributed by atoms with Gasteiger partial charge in [-0.25, -0.2) is 8.78 Å². The van der Waals surface area contributed by atoms with Crippen LogP contribution in [0.25, 0.3) is 0 Å². The number of nitrogens with two attached hydrogens (primary N) is 1. The van der Waals surface area contributed by atoms with Gasteiger partial charge in [-0.15, -0.1) is 0 Å². The van der Waals surface area contributed by atoms with Gasteiger partial charge in [-0.05, 0) is 31.9 Å². The maximum atomic E-state index is 13.9. The average molecular weight is 288 g/mol. The highest BCUT2D eigenvalue weighted by Crippen LogP contribution is 2.27. The van der Waals surface area contributed by atoms with Crippen LogP contribution in [0.4, 0.5) is 8.78 Å². The van der Waals surface area contributed by atoms with E-state index in [0.29, 0.717) is 0 Å². The first-order valence-electron chi connectivity index (χ1n) is 6.41. The van der Waals surface area contributed by atoms with E-state index in [1.165, 1.54) is 18.2 Å². The molecule has 5 heteroatoms. The number of rotatable bonds is 7. The summed E-state index contributed by atoms with van der Waals surface area (Å²) in [6.07, 6.45) is 2.95. The summed E-state index contributed by atoms with van der Waals surface area (Å²) in [5.74, 6) is -0.137. The highest BCUT2D eigenvalue weighted by Gasteiger charge is 2.26. The van der Waals surface area contributed by atoms with Gasteiger partial charge in [0, 0.05) is 23.9 Å². The zero-order valence-electron chi connectivity index (χ0n) is 11.7. The van der Waals surface area contributed by atoms with Gasteiger partial charge in [0.05, 0.1) is 6.04 Å². The van der Waals surface area contributed by atoms with Crippen molar-refractivity contribution in [2.75, 3.05) is 25.6 Å². The third kappa shape index (κ3) is 3.91. The van der Waals surface area contributed by atoms with E-state index in [1.807, 2.05) is 18.2 Å². The van der Waals surface area contributed by atoms with E-state index in [4.69, 9.17) is 5.73 Å². The van der Waals surface area contributed by atoms with Crippen LogP contribution < -0.4 is 5.73 Å². The van der Waals surface area contributed by atoms with E-state index in [9.17, 15) is 8.78 Å². The van der Waals surface area contributed by atoms with Gasteiger partial charge >= 0.3 is 0 Å². The molecule has 108 valence electrons. The number of nitrogens with zero attached hydrogens (tertiary/aromatic N) is 1. The second kappa shape index (κ2) is 7.82. The van der Waals surface area contributed by atoms with Crippen LogP contribution in [-0.2, 0) is 0 Å². The molecule has 2 nitrogen and oxygen atoms in total. The highest BCUT2D eigenvalue weighted by atomic mass is 32.2. The van der Waals surface area contributed by atoms with Crippen molar-refractivity contribution in [3.05, 3.63) is 35.4 Å². The number of halogens is 2. The van der Waals surface area contributed by atoms with E-state index in [1.54, 1.807) is 11.8 Å². The molecular formula is C14H22F2N2S. The third-order valence-corrected chi connectivity index (χ3v) is 4.17. The van der Waals surface area contributed by atoms with E-state index < -0.39 is 17.7 Å². The molecule has 0 fully saturated rings. The minimum atomic E-state index is -0.527.